The fourth-order valence-corrected chi connectivity index (χ4v) is 1.59. The summed E-state index contributed by atoms with van der Waals surface area (Å²) in [4.78, 5) is 17.7. The Morgan fingerprint density at radius 1 is 1.53 bits per heavy atom. The number of nitrogens with one attached hydrogen (secondary N) is 1. The van der Waals surface area contributed by atoms with Crippen LogP contribution in [0.3, 0.4) is 0 Å². The Hall–Kier alpha value is -1.36. The zero-order valence-corrected chi connectivity index (χ0v) is 11.0. The standard InChI is InChI=1S/C12H21N3O2/c1-5-15(6-2)11(16)8-13-10(4)12-14-7-9(3)17-12/h7,10,13H,5-6,8H2,1-4H3. The molecule has 1 atom stereocenters. The maximum absolute atomic E-state index is 11.8. The number of oxazole rings is 1. The second kappa shape index (κ2) is 6.39. The Morgan fingerprint density at radius 2 is 2.18 bits per heavy atom. The van der Waals surface area contributed by atoms with Crippen molar-refractivity contribution < 1.29 is 9.21 Å². The molecule has 96 valence electrons. The first kappa shape index (κ1) is 13.7. The zero-order chi connectivity index (χ0) is 12.8. The molecular formula is C12H21N3O2. The van der Waals surface area contributed by atoms with Crippen LogP contribution in [0.15, 0.2) is 10.6 Å². The molecule has 0 aliphatic carbocycles. The van der Waals surface area contributed by atoms with Gasteiger partial charge in [-0.3, -0.25) is 10.1 Å². The smallest absolute Gasteiger partial charge is 0.236 e. The van der Waals surface area contributed by atoms with Gasteiger partial charge in [0.25, 0.3) is 0 Å². The third-order valence-corrected chi connectivity index (χ3v) is 2.69. The van der Waals surface area contributed by atoms with Gasteiger partial charge in [-0.05, 0) is 27.7 Å². The van der Waals surface area contributed by atoms with E-state index in [0.717, 1.165) is 18.8 Å². The van der Waals surface area contributed by atoms with Crippen LogP contribution >= 0.6 is 0 Å². The highest BCUT2D eigenvalue weighted by Crippen LogP contribution is 2.11. The molecule has 0 fully saturated rings. The fourth-order valence-electron chi connectivity index (χ4n) is 1.59. The van der Waals surface area contributed by atoms with E-state index in [-0.39, 0.29) is 11.9 Å². The van der Waals surface area contributed by atoms with Crippen LogP contribution < -0.4 is 5.32 Å². The maximum Gasteiger partial charge on any atom is 0.236 e. The number of likely N-dealkylation sites (N-methyl/N-ethyl adjacent to an activating group) is 1. The summed E-state index contributed by atoms with van der Waals surface area (Å²) in [5.74, 6) is 1.50. The van der Waals surface area contributed by atoms with Gasteiger partial charge in [-0.1, -0.05) is 0 Å². The summed E-state index contributed by atoms with van der Waals surface area (Å²) in [5, 5.41) is 3.11. The minimum atomic E-state index is -0.0526. The molecule has 1 aromatic heterocycles. The molecule has 1 rings (SSSR count). The molecule has 17 heavy (non-hydrogen) atoms. The lowest BCUT2D eigenvalue weighted by atomic mass is 10.3. The second-order valence-corrected chi connectivity index (χ2v) is 3.98. The number of rotatable bonds is 6. The minimum absolute atomic E-state index is 0.0526. The number of hydrogen-bond donors (Lipinski definition) is 1. The van der Waals surface area contributed by atoms with Crippen molar-refractivity contribution in [3.8, 4) is 0 Å². The first-order valence-corrected chi connectivity index (χ1v) is 6.01. The van der Waals surface area contributed by atoms with Crippen LogP contribution in [0.5, 0.6) is 0 Å². The molecule has 0 aromatic carbocycles. The third-order valence-electron chi connectivity index (χ3n) is 2.69. The van der Waals surface area contributed by atoms with Crippen molar-refractivity contribution in [2.45, 2.75) is 33.7 Å². The lowest BCUT2D eigenvalue weighted by molar-refractivity contribution is -0.130. The third kappa shape index (κ3) is 3.85. The highest BCUT2D eigenvalue weighted by Gasteiger charge is 2.14. The number of aryl methyl sites for hydroxylation is 1. The van der Waals surface area contributed by atoms with Gasteiger partial charge in [-0.25, -0.2) is 4.98 Å². The van der Waals surface area contributed by atoms with E-state index in [0.29, 0.717) is 12.4 Å². The van der Waals surface area contributed by atoms with Crippen LogP contribution in [0.1, 0.15) is 38.5 Å². The highest BCUT2D eigenvalue weighted by atomic mass is 16.4. The van der Waals surface area contributed by atoms with Gasteiger partial charge >= 0.3 is 0 Å². The second-order valence-electron chi connectivity index (χ2n) is 3.98. The average Bonchev–Trinajstić information content (AvgIpc) is 2.74. The van der Waals surface area contributed by atoms with Crippen molar-refractivity contribution in [3.05, 3.63) is 17.8 Å². The average molecular weight is 239 g/mol. The maximum atomic E-state index is 11.8. The van der Waals surface area contributed by atoms with Gasteiger partial charge in [-0.15, -0.1) is 0 Å². The molecule has 0 radical (unpaired) electrons. The van der Waals surface area contributed by atoms with E-state index in [1.807, 2.05) is 27.7 Å². The van der Waals surface area contributed by atoms with Crippen LogP contribution in [0, 0.1) is 6.92 Å². The quantitative estimate of drug-likeness (QED) is 0.817. The topological polar surface area (TPSA) is 58.4 Å². The molecule has 5 heteroatoms. The number of nitrogens with zero attached hydrogens (tertiary/aromatic N) is 2. The summed E-state index contributed by atoms with van der Waals surface area (Å²) in [5.41, 5.74) is 0. The molecule has 1 unspecified atom stereocenters. The summed E-state index contributed by atoms with van der Waals surface area (Å²) in [6.07, 6.45) is 1.68. The Bertz CT molecular complexity index is 358. The van der Waals surface area contributed by atoms with Crippen LogP contribution in [0.4, 0.5) is 0 Å². The molecular weight excluding hydrogens is 218 g/mol. The summed E-state index contributed by atoms with van der Waals surface area (Å²) < 4.78 is 5.39. The van der Waals surface area contributed by atoms with Crippen LogP contribution in [0.25, 0.3) is 0 Å². The van der Waals surface area contributed by atoms with Crippen molar-refractivity contribution in [3.63, 3.8) is 0 Å². The minimum Gasteiger partial charge on any atom is -0.444 e. The predicted octanol–water partition coefficient (Wildman–Crippen LogP) is 1.50. The number of amides is 1. The summed E-state index contributed by atoms with van der Waals surface area (Å²) >= 11 is 0. The highest BCUT2D eigenvalue weighted by molar-refractivity contribution is 5.78. The van der Waals surface area contributed by atoms with Crippen molar-refractivity contribution in [2.24, 2.45) is 0 Å². The van der Waals surface area contributed by atoms with Crippen molar-refractivity contribution in [2.75, 3.05) is 19.6 Å². The van der Waals surface area contributed by atoms with Gasteiger partial charge in [0, 0.05) is 13.1 Å². The van der Waals surface area contributed by atoms with Crippen LogP contribution in [-0.2, 0) is 4.79 Å². The van der Waals surface area contributed by atoms with Gasteiger partial charge in [0.2, 0.25) is 11.8 Å². The Labute approximate surface area is 102 Å². The van der Waals surface area contributed by atoms with Crippen LogP contribution in [-0.4, -0.2) is 35.4 Å². The van der Waals surface area contributed by atoms with Crippen molar-refractivity contribution >= 4 is 5.91 Å². The number of hydrogen-bond acceptors (Lipinski definition) is 4. The molecule has 0 bridgehead atoms. The normalized spacial score (nSPS) is 12.5. The molecule has 1 N–H and O–H groups in total. The molecule has 0 aliphatic rings. The predicted molar refractivity (Wildman–Crippen MR) is 65.6 cm³/mol. The van der Waals surface area contributed by atoms with E-state index in [2.05, 4.69) is 10.3 Å². The lowest BCUT2D eigenvalue weighted by Crippen LogP contribution is -2.38. The van der Waals surface area contributed by atoms with Gasteiger partial charge in [0.1, 0.15) is 5.76 Å². The molecule has 0 spiro atoms. The van der Waals surface area contributed by atoms with E-state index >= 15 is 0 Å². The van der Waals surface area contributed by atoms with E-state index in [1.54, 1.807) is 11.1 Å². The fraction of sp³-hybridized carbons (Fsp3) is 0.667. The monoisotopic (exact) mass is 239 g/mol. The summed E-state index contributed by atoms with van der Waals surface area (Å²) in [6.45, 7) is 9.52. The number of carbonyl (C=O) groups is 1. The Kier molecular flexibility index (Phi) is 5.15. The van der Waals surface area contributed by atoms with Gasteiger partial charge in [0.05, 0.1) is 18.8 Å². The number of aromatic nitrogens is 1. The molecule has 0 saturated heterocycles. The molecule has 0 aliphatic heterocycles. The van der Waals surface area contributed by atoms with Gasteiger partial charge < -0.3 is 9.32 Å². The first-order chi connectivity index (χ1) is 8.08. The first-order valence-electron chi connectivity index (χ1n) is 6.01. The molecule has 1 aromatic rings. The molecule has 1 amide bonds. The van der Waals surface area contributed by atoms with Gasteiger partial charge in [0.15, 0.2) is 0 Å². The summed E-state index contributed by atoms with van der Waals surface area (Å²) in [7, 11) is 0. The van der Waals surface area contributed by atoms with E-state index in [1.165, 1.54) is 0 Å². The van der Waals surface area contributed by atoms with E-state index < -0.39 is 0 Å². The van der Waals surface area contributed by atoms with Crippen LogP contribution in [0.2, 0.25) is 0 Å². The van der Waals surface area contributed by atoms with Gasteiger partial charge in [-0.2, -0.15) is 0 Å². The Morgan fingerprint density at radius 3 is 2.65 bits per heavy atom. The molecule has 5 nitrogen and oxygen atoms in total. The zero-order valence-electron chi connectivity index (χ0n) is 11.0. The molecule has 0 saturated carbocycles. The number of carbonyl (C=O) groups excluding carboxylic acids is 1. The SMILES string of the molecule is CCN(CC)C(=O)CNC(C)c1ncc(C)o1. The van der Waals surface area contributed by atoms with E-state index in [9.17, 15) is 4.79 Å². The largest absolute Gasteiger partial charge is 0.444 e. The van der Waals surface area contributed by atoms with Crippen molar-refractivity contribution in [1.29, 1.82) is 0 Å². The van der Waals surface area contributed by atoms with E-state index in [4.69, 9.17) is 4.42 Å². The molecule has 1 heterocycles. The Balaban J connectivity index is 2.43. The lowest BCUT2D eigenvalue weighted by Gasteiger charge is -2.19. The van der Waals surface area contributed by atoms with Crippen molar-refractivity contribution in [1.82, 2.24) is 15.2 Å². The summed E-state index contributed by atoms with van der Waals surface area (Å²) in [6, 6.07) is -0.0526.